The maximum absolute atomic E-state index is 2.26. The van der Waals surface area contributed by atoms with Crippen molar-refractivity contribution in [1.82, 2.24) is 0 Å². The Hall–Kier alpha value is -4.68. The van der Waals surface area contributed by atoms with E-state index in [-0.39, 0.29) is 0 Å². The van der Waals surface area contributed by atoms with Crippen LogP contribution in [0.4, 0.5) is 0 Å². The van der Waals surface area contributed by atoms with Crippen molar-refractivity contribution in [3.63, 3.8) is 0 Å². The first-order valence-corrected chi connectivity index (χ1v) is 29.8. The highest BCUT2D eigenvalue weighted by Crippen LogP contribution is 2.24. The summed E-state index contributed by atoms with van der Waals surface area (Å²) in [7, 11) is 0. The SMILES string of the molecule is CC.CC.CC.CC.CC.CC.CC(C)(C)Cc1ccccc1.CC(C)(C)Cc1ccccc1.CC(C)(C)Cc1ccccc1.CC(C)(C)Cc1ccccc1.CC(C)(C)c1ccccc1.CC(C)(C)c1ccccc1. The second-order valence-corrected chi connectivity index (χ2v) is 24.1. The molecule has 76 heavy (non-hydrogen) atoms. The number of hydrogen-bond acceptors (Lipinski definition) is 0. The number of hydrogen-bond donors (Lipinski definition) is 0. The molecule has 0 nitrogen and oxygen atoms in total. The summed E-state index contributed by atoms with van der Waals surface area (Å²) in [5, 5.41) is 0. The largest absolute Gasteiger partial charge is 0.0683 e. The molecule has 0 N–H and O–H groups in total. The lowest BCUT2D eigenvalue weighted by Crippen LogP contribution is -2.10. The molecule has 0 aromatic heterocycles. The van der Waals surface area contributed by atoms with Crippen molar-refractivity contribution < 1.29 is 0 Å². The summed E-state index contributed by atoms with van der Waals surface area (Å²) < 4.78 is 0. The Balaban J connectivity index is -0.000000186. The van der Waals surface area contributed by atoms with Crippen molar-refractivity contribution in [1.29, 1.82) is 0 Å². The monoisotopic (exact) mass is 1040 g/mol. The van der Waals surface area contributed by atoms with Crippen molar-refractivity contribution >= 4 is 0 Å². The van der Waals surface area contributed by atoms with Crippen LogP contribution in [0.5, 0.6) is 0 Å². The topological polar surface area (TPSA) is 0 Å². The van der Waals surface area contributed by atoms with Gasteiger partial charge in [-0.1, -0.05) is 390 Å². The van der Waals surface area contributed by atoms with Crippen LogP contribution in [0.1, 0.15) is 241 Å². The van der Waals surface area contributed by atoms with Gasteiger partial charge in [0.05, 0.1) is 0 Å². The van der Waals surface area contributed by atoms with Gasteiger partial charge in [-0.15, -0.1) is 0 Å². The fourth-order valence-corrected chi connectivity index (χ4v) is 6.71. The van der Waals surface area contributed by atoms with Crippen LogP contribution in [-0.2, 0) is 36.5 Å². The lowest BCUT2D eigenvalue weighted by atomic mass is 9.87. The maximum Gasteiger partial charge on any atom is -0.0132 e. The Morgan fingerprint density at radius 3 is 0.395 bits per heavy atom. The molecule has 0 radical (unpaired) electrons. The van der Waals surface area contributed by atoms with Gasteiger partial charge in [0.15, 0.2) is 0 Å². The molecule has 0 spiro atoms. The summed E-state index contributed by atoms with van der Waals surface area (Å²) >= 11 is 0. The van der Waals surface area contributed by atoms with Gasteiger partial charge in [0.2, 0.25) is 0 Å². The molecule has 0 bridgehead atoms. The molecule has 0 unspecified atom stereocenters. The Morgan fingerprint density at radius 1 is 0.184 bits per heavy atom. The van der Waals surface area contributed by atoms with Gasteiger partial charge in [-0.2, -0.15) is 0 Å². The predicted octanol–water partition coefficient (Wildman–Crippen LogP) is 25.2. The highest BCUT2D eigenvalue weighted by molar-refractivity contribution is 5.23. The summed E-state index contributed by atoms with van der Waals surface area (Å²) in [4.78, 5) is 0. The highest BCUT2D eigenvalue weighted by atomic mass is 14.2. The van der Waals surface area contributed by atoms with Crippen molar-refractivity contribution in [2.75, 3.05) is 0 Å². The molecule has 0 saturated carbocycles. The smallest absolute Gasteiger partial charge is 0.0132 e. The standard InChI is InChI=1S/4C11H16.2C10H14.6C2H6/c4*1-11(2,3)9-10-7-5-4-6-8-10;2*1-10(2,3)9-7-5-4-6-8-9;6*1-2/h4*4-8H,9H2,1-3H3;2*4-8H,1-3H3;6*1-2H3. The van der Waals surface area contributed by atoms with E-state index in [0.29, 0.717) is 32.5 Å². The Labute approximate surface area is 478 Å². The van der Waals surface area contributed by atoms with Crippen LogP contribution in [0.15, 0.2) is 182 Å². The molecule has 6 aromatic rings. The summed E-state index contributed by atoms with van der Waals surface area (Å²) in [5.74, 6) is 0. The van der Waals surface area contributed by atoms with Crippen molar-refractivity contribution in [2.24, 2.45) is 21.7 Å². The predicted molar refractivity (Wildman–Crippen MR) is 357 cm³/mol. The van der Waals surface area contributed by atoms with Crippen LogP contribution in [0, 0.1) is 21.7 Å². The molecular formula is C76H128. The normalized spacial score (nSPS) is 10.2. The van der Waals surface area contributed by atoms with E-state index in [2.05, 4.69) is 307 Å². The molecule has 0 saturated heterocycles. The van der Waals surface area contributed by atoms with E-state index in [0.717, 1.165) is 25.7 Å². The van der Waals surface area contributed by atoms with Crippen LogP contribution in [0.25, 0.3) is 0 Å². The van der Waals surface area contributed by atoms with E-state index in [4.69, 9.17) is 0 Å². The minimum Gasteiger partial charge on any atom is -0.0683 e. The van der Waals surface area contributed by atoms with Gasteiger partial charge in [0.1, 0.15) is 0 Å². The van der Waals surface area contributed by atoms with E-state index >= 15 is 0 Å². The Kier molecular flexibility index (Phi) is 52.9. The zero-order valence-electron chi connectivity index (χ0n) is 56.1. The third-order valence-corrected chi connectivity index (χ3v) is 9.59. The molecule has 432 valence electrons. The highest BCUT2D eigenvalue weighted by Gasteiger charge is 2.14. The van der Waals surface area contributed by atoms with Crippen LogP contribution in [0.2, 0.25) is 0 Å². The van der Waals surface area contributed by atoms with Crippen molar-refractivity contribution in [2.45, 2.75) is 244 Å². The number of benzene rings is 6. The van der Waals surface area contributed by atoms with Crippen LogP contribution < -0.4 is 0 Å². The van der Waals surface area contributed by atoms with Crippen LogP contribution in [-0.4, -0.2) is 0 Å². The van der Waals surface area contributed by atoms with Crippen LogP contribution >= 0.6 is 0 Å². The van der Waals surface area contributed by atoms with Gasteiger partial charge in [0, 0.05) is 0 Å². The van der Waals surface area contributed by atoms with E-state index in [9.17, 15) is 0 Å². The van der Waals surface area contributed by atoms with Gasteiger partial charge >= 0.3 is 0 Å². The molecule has 0 aliphatic heterocycles. The summed E-state index contributed by atoms with van der Waals surface area (Å²) in [5.41, 5.74) is 10.7. The molecule has 6 aromatic carbocycles. The molecule has 0 amide bonds. The quantitative estimate of drug-likeness (QED) is 0.165. The van der Waals surface area contributed by atoms with E-state index in [1.54, 1.807) is 0 Å². The maximum atomic E-state index is 2.26. The number of rotatable bonds is 4. The lowest BCUT2D eigenvalue weighted by molar-refractivity contribution is 0.411. The molecule has 0 heteroatoms. The first-order valence-electron chi connectivity index (χ1n) is 29.8. The fourth-order valence-electron chi connectivity index (χ4n) is 6.71. The van der Waals surface area contributed by atoms with Crippen molar-refractivity contribution in [3.05, 3.63) is 215 Å². The molecule has 0 aliphatic carbocycles. The molecule has 0 atom stereocenters. The van der Waals surface area contributed by atoms with E-state index in [1.165, 1.54) is 33.4 Å². The summed E-state index contributed by atoms with van der Waals surface area (Å²) in [6.07, 6.45) is 4.64. The molecule has 0 fully saturated rings. The third-order valence-electron chi connectivity index (χ3n) is 9.59. The fraction of sp³-hybridized carbons (Fsp3) is 0.526. The second kappa shape index (κ2) is 48.7. The average molecular weight is 1040 g/mol. The minimum absolute atomic E-state index is 0.293. The Morgan fingerprint density at radius 2 is 0.303 bits per heavy atom. The Bertz CT molecular complexity index is 1730. The molecular weight excluding hydrogens is 913 g/mol. The van der Waals surface area contributed by atoms with E-state index < -0.39 is 0 Å². The van der Waals surface area contributed by atoms with Gasteiger partial charge in [-0.05, 0) is 91.6 Å². The van der Waals surface area contributed by atoms with Gasteiger partial charge < -0.3 is 0 Å². The van der Waals surface area contributed by atoms with E-state index in [1.807, 2.05) is 83.1 Å². The first kappa shape index (κ1) is 82.7. The second-order valence-electron chi connectivity index (χ2n) is 24.1. The molecule has 6 rings (SSSR count). The lowest BCUT2D eigenvalue weighted by Gasteiger charge is -2.18. The van der Waals surface area contributed by atoms with Gasteiger partial charge in [0.25, 0.3) is 0 Å². The summed E-state index contributed by atoms with van der Waals surface area (Å²) in [6.45, 7) is 64.5. The molecule has 0 heterocycles. The van der Waals surface area contributed by atoms with Gasteiger partial charge in [-0.25, -0.2) is 0 Å². The molecule has 0 aliphatic rings. The van der Waals surface area contributed by atoms with Crippen LogP contribution in [0.3, 0.4) is 0 Å². The zero-order valence-corrected chi connectivity index (χ0v) is 56.1. The minimum atomic E-state index is 0.293. The third kappa shape index (κ3) is 57.0. The van der Waals surface area contributed by atoms with Gasteiger partial charge in [-0.3, -0.25) is 0 Å². The zero-order chi connectivity index (χ0) is 60.5. The summed E-state index contributed by atoms with van der Waals surface area (Å²) in [6, 6.07) is 63.6. The average Bonchev–Trinajstić information content (AvgIpc) is 3.38. The first-order chi connectivity index (χ1) is 35.5. The van der Waals surface area contributed by atoms with Crippen molar-refractivity contribution in [3.8, 4) is 0 Å².